The van der Waals surface area contributed by atoms with Crippen LogP contribution < -0.4 is 0 Å². The van der Waals surface area contributed by atoms with Crippen LogP contribution in [0.1, 0.15) is 11.1 Å². The maximum Gasteiger partial charge on any atom is 0.106 e. The molecule has 0 N–H and O–H groups in total. The van der Waals surface area contributed by atoms with Gasteiger partial charge in [-0.25, -0.2) is 0 Å². The van der Waals surface area contributed by atoms with E-state index in [4.69, 9.17) is 23.2 Å². The van der Waals surface area contributed by atoms with Crippen molar-refractivity contribution in [3.05, 3.63) is 69.7 Å². The molecule has 0 spiro atoms. The molecule has 0 atom stereocenters. The monoisotopic (exact) mass is 300 g/mol. The third-order valence-electron chi connectivity index (χ3n) is 2.49. The number of benzene rings is 2. The molecule has 4 heteroatoms. The smallest absolute Gasteiger partial charge is 0.106 e. The predicted octanol–water partition coefficient (Wildman–Crippen LogP) is 5.05. The Morgan fingerprint density at radius 2 is 0.941 bits per heavy atom. The van der Waals surface area contributed by atoms with Gasteiger partial charge in [0, 0.05) is 10.0 Å². The van der Waals surface area contributed by atoms with E-state index >= 15 is 0 Å². The Morgan fingerprint density at radius 3 is 1.24 bits per heavy atom. The second-order valence-electron chi connectivity index (χ2n) is 3.69. The van der Waals surface area contributed by atoms with Crippen LogP contribution in [0.15, 0.2) is 48.5 Å². The van der Waals surface area contributed by atoms with Crippen LogP contribution in [0.4, 0.5) is 0 Å². The summed E-state index contributed by atoms with van der Waals surface area (Å²) < 4.78 is -0.658. The first-order valence-electron chi connectivity index (χ1n) is 4.97. The summed E-state index contributed by atoms with van der Waals surface area (Å²) in [5, 5.41) is 1.39. The molecule has 0 unspecified atom stereocenters. The molecule has 2 aromatic rings. The van der Waals surface area contributed by atoms with E-state index in [2.05, 4.69) is 25.3 Å². The molecule has 0 heterocycles. The lowest BCUT2D eigenvalue weighted by Crippen LogP contribution is -2.12. The molecule has 88 valence electrons. The van der Waals surface area contributed by atoms with Gasteiger partial charge >= 0.3 is 0 Å². The highest BCUT2D eigenvalue weighted by Crippen LogP contribution is 2.40. The Morgan fingerprint density at radius 1 is 0.647 bits per heavy atom. The van der Waals surface area contributed by atoms with Crippen LogP contribution in [0.3, 0.4) is 0 Å². The zero-order valence-electron chi connectivity index (χ0n) is 8.77. The molecule has 0 saturated heterocycles. The van der Waals surface area contributed by atoms with Gasteiger partial charge < -0.3 is 0 Å². The number of halogens is 2. The zero-order valence-corrected chi connectivity index (χ0v) is 12.1. The van der Waals surface area contributed by atoms with Gasteiger partial charge in [0.05, 0.1) is 0 Å². The van der Waals surface area contributed by atoms with Gasteiger partial charge in [-0.05, 0) is 35.4 Å². The van der Waals surface area contributed by atoms with Crippen LogP contribution in [0.25, 0.3) is 0 Å². The van der Waals surface area contributed by atoms with Crippen molar-refractivity contribution in [1.82, 2.24) is 0 Å². The minimum atomic E-state index is -0.658. The van der Waals surface area contributed by atoms with Gasteiger partial charge in [0.2, 0.25) is 0 Å². The summed E-state index contributed by atoms with van der Waals surface area (Å²) in [6.45, 7) is 0. The lowest BCUT2D eigenvalue weighted by Gasteiger charge is -2.24. The summed E-state index contributed by atoms with van der Waals surface area (Å²) in [6, 6.07) is 15.0. The molecule has 0 amide bonds. The van der Waals surface area contributed by atoms with E-state index in [-0.39, 0.29) is 0 Å². The van der Waals surface area contributed by atoms with Crippen molar-refractivity contribution in [3.8, 4) is 0 Å². The van der Waals surface area contributed by atoms with Gasteiger partial charge in [-0.3, -0.25) is 0 Å². The summed E-state index contributed by atoms with van der Waals surface area (Å²) in [5.41, 5.74) is 1.94. The lowest BCUT2D eigenvalue weighted by atomic mass is 10.0. The number of hydrogen-bond acceptors (Lipinski definition) is 2. The van der Waals surface area contributed by atoms with Gasteiger partial charge in [-0.15, -0.1) is 0 Å². The fourth-order valence-electron chi connectivity index (χ4n) is 1.53. The van der Waals surface area contributed by atoms with Gasteiger partial charge in [0.25, 0.3) is 0 Å². The molecule has 0 aliphatic carbocycles. The highest BCUT2D eigenvalue weighted by Gasteiger charge is 2.25. The first-order chi connectivity index (χ1) is 8.00. The summed E-state index contributed by atoms with van der Waals surface area (Å²) in [6.07, 6.45) is 0. The van der Waals surface area contributed by atoms with E-state index in [0.29, 0.717) is 10.0 Å². The second-order valence-corrected chi connectivity index (χ2v) is 6.25. The van der Waals surface area contributed by atoms with Gasteiger partial charge in [-0.2, -0.15) is 25.3 Å². The first-order valence-corrected chi connectivity index (χ1v) is 6.62. The molecule has 0 nitrogen and oxygen atoms in total. The lowest BCUT2D eigenvalue weighted by molar-refractivity contribution is 1.09. The van der Waals surface area contributed by atoms with E-state index in [9.17, 15) is 0 Å². The van der Waals surface area contributed by atoms with Crippen LogP contribution in [0.2, 0.25) is 10.0 Å². The highest BCUT2D eigenvalue weighted by atomic mass is 35.5. The van der Waals surface area contributed by atoms with Crippen molar-refractivity contribution in [3.63, 3.8) is 0 Å². The normalized spacial score (nSPS) is 11.5. The maximum absolute atomic E-state index is 5.86. The first kappa shape index (κ1) is 13.2. The van der Waals surface area contributed by atoms with Crippen molar-refractivity contribution in [2.45, 2.75) is 4.08 Å². The third-order valence-corrected chi connectivity index (χ3v) is 4.03. The van der Waals surface area contributed by atoms with Crippen LogP contribution in [0, 0.1) is 0 Å². The van der Waals surface area contributed by atoms with Crippen molar-refractivity contribution < 1.29 is 0 Å². The molecular formula is C13H10Cl2S2. The molecular weight excluding hydrogens is 291 g/mol. The van der Waals surface area contributed by atoms with Crippen molar-refractivity contribution in [1.29, 1.82) is 0 Å². The Balaban J connectivity index is 2.41. The van der Waals surface area contributed by atoms with E-state index in [0.717, 1.165) is 11.1 Å². The topological polar surface area (TPSA) is 0 Å². The SMILES string of the molecule is SC(S)(c1ccc(Cl)cc1)c1ccc(Cl)cc1. The molecule has 0 aromatic heterocycles. The van der Waals surface area contributed by atoms with Crippen LogP contribution >= 0.6 is 48.5 Å². The van der Waals surface area contributed by atoms with Gasteiger partial charge in [0.15, 0.2) is 0 Å². The van der Waals surface area contributed by atoms with E-state index in [1.165, 1.54) is 0 Å². The van der Waals surface area contributed by atoms with Crippen molar-refractivity contribution >= 4 is 48.5 Å². The Kier molecular flexibility index (Phi) is 3.99. The molecule has 0 bridgehead atoms. The molecule has 0 radical (unpaired) electrons. The largest absolute Gasteiger partial charge is 0.152 e. The zero-order chi connectivity index (χ0) is 12.5. The maximum atomic E-state index is 5.86. The van der Waals surface area contributed by atoms with Gasteiger partial charge in [-0.1, -0.05) is 47.5 Å². The Labute approximate surface area is 122 Å². The van der Waals surface area contributed by atoms with E-state index < -0.39 is 4.08 Å². The summed E-state index contributed by atoms with van der Waals surface area (Å²) in [5.74, 6) is 0. The van der Waals surface area contributed by atoms with Gasteiger partial charge in [0.1, 0.15) is 4.08 Å². The predicted molar refractivity (Wildman–Crippen MR) is 81.7 cm³/mol. The molecule has 17 heavy (non-hydrogen) atoms. The van der Waals surface area contributed by atoms with Crippen molar-refractivity contribution in [2.75, 3.05) is 0 Å². The molecule has 0 fully saturated rings. The summed E-state index contributed by atoms with van der Waals surface area (Å²) in [4.78, 5) is 0. The fraction of sp³-hybridized carbons (Fsp3) is 0.0769. The minimum absolute atomic E-state index is 0.658. The molecule has 2 rings (SSSR count). The summed E-state index contributed by atoms with van der Waals surface area (Å²) >= 11 is 20.9. The number of rotatable bonds is 2. The van der Waals surface area contributed by atoms with Crippen LogP contribution in [-0.2, 0) is 4.08 Å². The quantitative estimate of drug-likeness (QED) is 0.562. The molecule has 0 aliphatic heterocycles. The fourth-order valence-corrected chi connectivity index (χ4v) is 2.38. The minimum Gasteiger partial charge on any atom is -0.152 e. The Bertz CT molecular complexity index is 456. The van der Waals surface area contributed by atoms with Crippen LogP contribution in [0.5, 0.6) is 0 Å². The average Bonchev–Trinajstić information content (AvgIpc) is 2.30. The number of thiol groups is 2. The Hall–Kier alpha value is -0.280. The van der Waals surface area contributed by atoms with E-state index in [1.807, 2.05) is 48.5 Å². The molecule has 0 aliphatic rings. The van der Waals surface area contributed by atoms with E-state index in [1.54, 1.807) is 0 Å². The number of hydrogen-bond donors (Lipinski definition) is 2. The highest BCUT2D eigenvalue weighted by molar-refractivity contribution is 8.00. The standard InChI is InChI=1S/C13H10Cl2S2/c14-11-5-1-9(2-6-11)13(16,17)10-3-7-12(15)8-4-10/h1-8,16-17H. The molecule has 2 aromatic carbocycles. The third kappa shape index (κ3) is 2.94. The molecule has 0 saturated carbocycles. The van der Waals surface area contributed by atoms with Crippen molar-refractivity contribution in [2.24, 2.45) is 0 Å². The average molecular weight is 301 g/mol. The second kappa shape index (κ2) is 5.15. The van der Waals surface area contributed by atoms with Crippen LogP contribution in [-0.4, -0.2) is 0 Å². The summed E-state index contributed by atoms with van der Waals surface area (Å²) in [7, 11) is 0.